The Morgan fingerprint density at radius 1 is 1.09 bits per heavy atom. The van der Waals surface area contributed by atoms with Gasteiger partial charge in [0.25, 0.3) is 0 Å². The van der Waals surface area contributed by atoms with Crippen LogP contribution in [0.3, 0.4) is 0 Å². The third kappa shape index (κ3) is 3.10. The Labute approximate surface area is 146 Å². The highest BCUT2D eigenvalue weighted by Gasteiger charge is 2.32. The Morgan fingerprint density at radius 2 is 1.87 bits per heavy atom. The number of halogens is 1. The lowest BCUT2D eigenvalue weighted by molar-refractivity contribution is 0.0818. The summed E-state index contributed by atoms with van der Waals surface area (Å²) >= 11 is 7.98. The Hall–Kier alpha value is -1.16. The summed E-state index contributed by atoms with van der Waals surface area (Å²) in [7, 11) is 2.20. The quantitative estimate of drug-likeness (QED) is 0.699. The molecule has 2 nitrogen and oxygen atoms in total. The largest absolute Gasteiger partial charge is 0.484 e. The lowest BCUT2D eigenvalue weighted by Gasteiger charge is -2.34. The van der Waals surface area contributed by atoms with E-state index in [1.54, 1.807) is 11.8 Å². The van der Waals surface area contributed by atoms with Crippen molar-refractivity contribution in [3.8, 4) is 5.75 Å². The van der Waals surface area contributed by atoms with Gasteiger partial charge in [-0.1, -0.05) is 41.6 Å². The first kappa shape index (κ1) is 15.4. The number of fused-ring (bicyclic) bond motifs is 2. The van der Waals surface area contributed by atoms with Crippen LogP contribution in [0.4, 0.5) is 0 Å². The van der Waals surface area contributed by atoms with E-state index in [2.05, 4.69) is 42.3 Å². The lowest BCUT2D eigenvalue weighted by atomic mass is 9.87. The number of rotatable bonds is 1. The first-order valence-corrected chi connectivity index (χ1v) is 9.32. The molecule has 0 radical (unpaired) electrons. The van der Waals surface area contributed by atoms with Crippen molar-refractivity contribution in [2.24, 2.45) is 5.92 Å². The summed E-state index contributed by atoms with van der Waals surface area (Å²) in [6.07, 6.45) is 2.47. The smallest absolute Gasteiger partial charge is 0.135 e. The van der Waals surface area contributed by atoms with Crippen LogP contribution in [-0.4, -0.2) is 25.0 Å². The number of hydrogen-bond donors (Lipinski definition) is 0. The Balaban J connectivity index is 1.74. The highest BCUT2D eigenvalue weighted by atomic mass is 35.5. The zero-order chi connectivity index (χ0) is 15.8. The van der Waals surface area contributed by atoms with Gasteiger partial charge in [-0.15, -0.1) is 0 Å². The van der Waals surface area contributed by atoms with Crippen molar-refractivity contribution < 1.29 is 4.74 Å². The van der Waals surface area contributed by atoms with E-state index in [0.717, 1.165) is 28.8 Å². The average Bonchev–Trinajstić information content (AvgIpc) is 2.72. The van der Waals surface area contributed by atoms with Crippen LogP contribution in [0.5, 0.6) is 5.75 Å². The molecule has 0 saturated carbocycles. The standard InChI is InChI=1S/C19H20ClNOS/c1-21-10-8-13(9-11-21)19-15-4-2-3-5-17(15)23-18-7-6-14(20)12-16(18)22-19/h2-7,12-13,19H,8-11H2,1H3/t19-/m1/s1. The number of benzene rings is 2. The number of nitrogens with zero attached hydrogens (tertiary/aromatic N) is 1. The van der Waals surface area contributed by atoms with E-state index < -0.39 is 0 Å². The maximum absolute atomic E-state index is 6.52. The van der Waals surface area contributed by atoms with Crippen LogP contribution in [-0.2, 0) is 0 Å². The molecule has 2 aromatic rings. The van der Waals surface area contributed by atoms with E-state index in [0.29, 0.717) is 5.92 Å². The van der Waals surface area contributed by atoms with E-state index in [-0.39, 0.29) is 6.10 Å². The SMILES string of the molecule is CN1CCC([C@H]2Oc3cc(Cl)ccc3Sc3ccccc32)CC1. The van der Waals surface area contributed by atoms with Crippen LogP contribution in [0.1, 0.15) is 24.5 Å². The minimum atomic E-state index is 0.118. The van der Waals surface area contributed by atoms with Gasteiger partial charge >= 0.3 is 0 Å². The fourth-order valence-corrected chi connectivity index (χ4v) is 4.66. The van der Waals surface area contributed by atoms with Crippen LogP contribution >= 0.6 is 23.4 Å². The summed E-state index contributed by atoms with van der Waals surface area (Å²) in [6, 6.07) is 14.6. The maximum Gasteiger partial charge on any atom is 0.135 e. The number of hydrogen-bond acceptors (Lipinski definition) is 3. The monoisotopic (exact) mass is 345 g/mol. The van der Waals surface area contributed by atoms with E-state index in [4.69, 9.17) is 16.3 Å². The molecular formula is C19H20ClNOS. The fraction of sp³-hybridized carbons (Fsp3) is 0.368. The molecule has 4 rings (SSSR count). The Bertz CT molecular complexity index is 712. The molecule has 0 aromatic heterocycles. The Morgan fingerprint density at radius 3 is 2.70 bits per heavy atom. The van der Waals surface area contributed by atoms with Crippen LogP contribution in [0, 0.1) is 5.92 Å². The van der Waals surface area contributed by atoms with E-state index in [1.165, 1.54) is 23.3 Å². The van der Waals surface area contributed by atoms with Gasteiger partial charge in [0.05, 0.1) is 4.90 Å². The van der Waals surface area contributed by atoms with E-state index in [9.17, 15) is 0 Å². The third-order valence-electron chi connectivity index (χ3n) is 4.80. The topological polar surface area (TPSA) is 12.5 Å². The normalized spacial score (nSPS) is 21.9. The molecular weight excluding hydrogens is 326 g/mol. The van der Waals surface area contributed by atoms with Crippen LogP contribution in [0.25, 0.3) is 0 Å². The van der Waals surface area contributed by atoms with Gasteiger partial charge < -0.3 is 9.64 Å². The number of ether oxygens (including phenoxy) is 1. The first-order chi connectivity index (χ1) is 11.2. The van der Waals surface area contributed by atoms with Gasteiger partial charge in [-0.2, -0.15) is 0 Å². The molecule has 0 aliphatic carbocycles. The summed E-state index contributed by atoms with van der Waals surface area (Å²) in [4.78, 5) is 4.85. The van der Waals surface area contributed by atoms with Gasteiger partial charge in [0.2, 0.25) is 0 Å². The van der Waals surface area contributed by atoms with Crippen molar-refractivity contribution in [2.45, 2.75) is 28.7 Å². The third-order valence-corrected chi connectivity index (χ3v) is 6.18. The number of piperidine rings is 1. The molecule has 0 amide bonds. The second kappa shape index (κ2) is 6.39. The predicted octanol–water partition coefficient (Wildman–Crippen LogP) is 5.27. The fourth-order valence-electron chi connectivity index (χ4n) is 3.47. The molecule has 2 heterocycles. The van der Waals surface area contributed by atoms with Crippen molar-refractivity contribution in [2.75, 3.05) is 20.1 Å². The van der Waals surface area contributed by atoms with Crippen LogP contribution in [0.2, 0.25) is 5.02 Å². The summed E-state index contributed by atoms with van der Waals surface area (Å²) in [5.74, 6) is 1.47. The second-order valence-electron chi connectivity index (χ2n) is 6.41. The van der Waals surface area contributed by atoms with Gasteiger partial charge in [0, 0.05) is 21.4 Å². The van der Waals surface area contributed by atoms with Gasteiger partial charge in [-0.05, 0) is 57.2 Å². The molecule has 0 bridgehead atoms. The van der Waals surface area contributed by atoms with Crippen molar-refractivity contribution in [1.29, 1.82) is 0 Å². The van der Waals surface area contributed by atoms with Crippen molar-refractivity contribution in [1.82, 2.24) is 4.90 Å². The minimum absolute atomic E-state index is 0.118. The molecule has 0 spiro atoms. The number of likely N-dealkylation sites (tertiary alicyclic amines) is 1. The molecule has 0 unspecified atom stereocenters. The summed E-state index contributed by atoms with van der Waals surface area (Å²) in [5, 5.41) is 0.734. The molecule has 120 valence electrons. The average molecular weight is 346 g/mol. The van der Waals surface area contributed by atoms with E-state index >= 15 is 0 Å². The predicted molar refractivity (Wildman–Crippen MR) is 95.6 cm³/mol. The summed E-state index contributed by atoms with van der Waals surface area (Å²) in [6.45, 7) is 2.28. The zero-order valence-corrected chi connectivity index (χ0v) is 14.7. The Kier molecular flexibility index (Phi) is 4.27. The second-order valence-corrected chi connectivity index (χ2v) is 7.93. The van der Waals surface area contributed by atoms with Crippen LogP contribution in [0.15, 0.2) is 52.3 Å². The molecule has 2 aromatic carbocycles. The highest BCUT2D eigenvalue weighted by molar-refractivity contribution is 7.99. The molecule has 2 aliphatic heterocycles. The van der Waals surface area contributed by atoms with Gasteiger partial charge in [0.15, 0.2) is 0 Å². The van der Waals surface area contributed by atoms with Gasteiger partial charge in [-0.3, -0.25) is 0 Å². The highest BCUT2D eigenvalue weighted by Crippen LogP contribution is 2.47. The minimum Gasteiger partial charge on any atom is -0.484 e. The molecule has 23 heavy (non-hydrogen) atoms. The lowest BCUT2D eigenvalue weighted by Crippen LogP contribution is -2.34. The first-order valence-electron chi connectivity index (χ1n) is 8.12. The van der Waals surface area contributed by atoms with Crippen molar-refractivity contribution >= 4 is 23.4 Å². The van der Waals surface area contributed by atoms with Gasteiger partial charge in [-0.25, -0.2) is 0 Å². The molecule has 4 heteroatoms. The molecule has 2 aliphatic rings. The van der Waals surface area contributed by atoms with Crippen LogP contribution < -0.4 is 4.74 Å². The molecule has 0 N–H and O–H groups in total. The molecule has 1 atom stereocenters. The van der Waals surface area contributed by atoms with Crippen molar-refractivity contribution in [3.05, 3.63) is 53.1 Å². The maximum atomic E-state index is 6.52. The van der Waals surface area contributed by atoms with Crippen molar-refractivity contribution in [3.63, 3.8) is 0 Å². The summed E-state index contributed by atoms with van der Waals surface area (Å²) in [5.41, 5.74) is 1.32. The summed E-state index contributed by atoms with van der Waals surface area (Å²) < 4.78 is 6.52. The molecule has 1 fully saturated rings. The van der Waals surface area contributed by atoms with Gasteiger partial charge in [0.1, 0.15) is 11.9 Å². The molecule has 1 saturated heterocycles. The zero-order valence-electron chi connectivity index (χ0n) is 13.2. The van der Waals surface area contributed by atoms with E-state index in [1.807, 2.05) is 12.1 Å².